The molecule has 1 aromatic carbocycles. The summed E-state index contributed by atoms with van der Waals surface area (Å²) >= 11 is 3.27. The van der Waals surface area contributed by atoms with Gasteiger partial charge in [-0.1, -0.05) is 15.9 Å². The van der Waals surface area contributed by atoms with Gasteiger partial charge in [0.05, 0.1) is 13.2 Å². The summed E-state index contributed by atoms with van der Waals surface area (Å²) in [7, 11) is 1.48. The first-order valence-corrected chi connectivity index (χ1v) is 4.60. The number of aliphatic hydroxyl groups excluding tert-OH is 1. The van der Waals surface area contributed by atoms with E-state index in [1.165, 1.54) is 13.2 Å². The molecule has 1 rings (SSSR count). The lowest BCUT2D eigenvalue weighted by atomic mass is 10.1. The predicted molar refractivity (Wildman–Crippen MR) is 53.0 cm³/mol. The Morgan fingerprint density at radius 3 is 2.54 bits per heavy atom. The summed E-state index contributed by atoms with van der Waals surface area (Å²) in [5.74, 6) is 0.415. The second-order valence-electron chi connectivity index (χ2n) is 2.72. The molecule has 1 atom stereocenters. The van der Waals surface area contributed by atoms with Crippen LogP contribution in [-0.4, -0.2) is 17.3 Å². The van der Waals surface area contributed by atoms with Crippen LogP contribution in [0.4, 0.5) is 0 Å². The van der Waals surface area contributed by atoms with Crippen molar-refractivity contribution in [3.05, 3.63) is 22.2 Å². The molecule has 0 spiro atoms. The van der Waals surface area contributed by atoms with E-state index >= 15 is 0 Å². The fourth-order valence-corrected chi connectivity index (χ4v) is 1.70. The van der Waals surface area contributed by atoms with Gasteiger partial charge in [0.1, 0.15) is 0 Å². The highest BCUT2D eigenvalue weighted by Gasteiger charge is 2.11. The lowest BCUT2D eigenvalue weighted by Crippen LogP contribution is -1.94. The minimum atomic E-state index is -0.619. The molecule has 72 valence electrons. The summed E-state index contributed by atoms with van der Waals surface area (Å²) in [6.45, 7) is 1.63. The van der Waals surface area contributed by atoms with E-state index in [9.17, 15) is 10.2 Å². The number of hydrogen-bond acceptors (Lipinski definition) is 3. The number of aromatic hydroxyl groups is 1. The maximum Gasteiger partial charge on any atom is 0.161 e. The van der Waals surface area contributed by atoms with Gasteiger partial charge >= 0.3 is 0 Å². The normalized spacial score (nSPS) is 12.6. The molecule has 4 heteroatoms. The van der Waals surface area contributed by atoms with Crippen LogP contribution in [0.15, 0.2) is 16.6 Å². The molecule has 2 N–H and O–H groups in total. The van der Waals surface area contributed by atoms with E-state index < -0.39 is 6.10 Å². The highest BCUT2D eigenvalue weighted by molar-refractivity contribution is 9.10. The molecule has 13 heavy (non-hydrogen) atoms. The second-order valence-corrected chi connectivity index (χ2v) is 3.58. The number of phenolic OH excluding ortho intramolecular Hbond substituents is 1. The number of benzene rings is 1. The SMILES string of the molecule is COc1cc(Br)c([C@H](C)O)cc1O. The Kier molecular flexibility index (Phi) is 3.17. The van der Waals surface area contributed by atoms with E-state index in [4.69, 9.17) is 4.74 Å². The van der Waals surface area contributed by atoms with Crippen LogP contribution in [0, 0.1) is 0 Å². The van der Waals surface area contributed by atoms with Gasteiger partial charge in [0, 0.05) is 4.47 Å². The molecule has 0 aliphatic heterocycles. The van der Waals surface area contributed by atoms with Crippen molar-refractivity contribution in [2.45, 2.75) is 13.0 Å². The lowest BCUT2D eigenvalue weighted by molar-refractivity contribution is 0.198. The van der Waals surface area contributed by atoms with E-state index in [1.807, 2.05) is 0 Å². The zero-order valence-electron chi connectivity index (χ0n) is 7.41. The van der Waals surface area contributed by atoms with Gasteiger partial charge < -0.3 is 14.9 Å². The van der Waals surface area contributed by atoms with Crippen LogP contribution in [0.1, 0.15) is 18.6 Å². The number of rotatable bonds is 2. The molecule has 0 fully saturated rings. The maximum absolute atomic E-state index is 9.41. The van der Waals surface area contributed by atoms with Crippen molar-refractivity contribution in [1.82, 2.24) is 0 Å². The van der Waals surface area contributed by atoms with Gasteiger partial charge in [-0.05, 0) is 24.6 Å². The monoisotopic (exact) mass is 246 g/mol. The van der Waals surface area contributed by atoms with Gasteiger partial charge in [-0.25, -0.2) is 0 Å². The van der Waals surface area contributed by atoms with Crippen LogP contribution in [0.25, 0.3) is 0 Å². The molecule has 0 aliphatic carbocycles. The van der Waals surface area contributed by atoms with E-state index in [0.717, 1.165) is 4.47 Å². The Balaban J connectivity index is 3.20. The van der Waals surface area contributed by atoms with Crippen molar-refractivity contribution in [2.75, 3.05) is 7.11 Å². The molecule has 0 saturated carbocycles. The lowest BCUT2D eigenvalue weighted by Gasteiger charge is -2.10. The highest BCUT2D eigenvalue weighted by atomic mass is 79.9. The zero-order valence-corrected chi connectivity index (χ0v) is 9.00. The van der Waals surface area contributed by atoms with Gasteiger partial charge in [-0.2, -0.15) is 0 Å². The Labute approximate surface area is 85.1 Å². The minimum absolute atomic E-state index is 0.0293. The number of phenols is 1. The van der Waals surface area contributed by atoms with Crippen molar-refractivity contribution in [3.63, 3.8) is 0 Å². The fourth-order valence-electron chi connectivity index (χ4n) is 1.04. The first-order valence-electron chi connectivity index (χ1n) is 3.80. The summed E-state index contributed by atoms with van der Waals surface area (Å²) in [5.41, 5.74) is 0.637. The smallest absolute Gasteiger partial charge is 0.161 e. The summed E-state index contributed by atoms with van der Waals surface area (Å²) in [4.78, 5) is 0. The predicted octanol–water partition coefficient (Wildman–Crippen LogP) is 2.22. The molecule has 0 amide bonds. The van der Waals surface area contributed by atoms with Crippen molar-refractivity contribution < 1.29 is 14.9 Å². The Bertz CT molecular complexity index is 310. The molecular weight excluding hydrogens is 236 g/mol. The average molecular weight is 247 g/mol. The summed E-state index contributed by atoms with van der Waals surface area (Å²) in [5, 5.41) is 18.7. The Morgan fingerprint density at radius 2 is 2.08 bits per heavy atom. The summed E-state index contributed by atoms with van der Waals surface area (Å²) < 4.78 is 5.62. The summed E-state index contributed by atoms with van der Waals surface area (Å²) in [6.07, 6.45) is -0.619. The molecule has 0 bridgehead atoms. The van der Waals surface area contributed by atoms with Crippen LogP contribution in [0.5, 0.6) is 11.5 Å². The van der Waals surface area contributed by atoms with Gasteiger partial charge in [-0.15, -0.1) is 0 Å². The average Bonchev–Trinajstić information content (AvgIpc) is 2.07. The van der Waals surface area contributed by atoms with E-state index in [0.29, 0.717) is 11.3 Å². The van der Waals surface area contributed by atoms with E-state index in [2.05, 4.69) is 15.9 Å². The van der Waals surface area contributed by atoms with Crippen LogP contribution < -0.4 is 4.74 Å². The highest BCUT2D eigenvalue weighted by Crippen LogP contribution is 2.34. The maximum atomic E-state index is 9.41. The third-order valence-corrected chi connectivity index (χ3v) is 2.44. The van der Waals surface area contributed by atoms with E-state index in [-0.39, 0.29) is 5.75 Å². The van der Waals surface area contributed by atoms with E-state index in [1.54, 1.807) is 13.0 Å². The molecule has 1 aromatic rings. The Morgan fingerprint density at radius 1 is 1.46 bits per heavy atom. The van der Waals surface area contributed by atoms with Gasteiger partial charge in [-0.3, -0.25) is 0 Å². The van der Waals surface area contributed by atoms with Gasteiger partial charge in [0.2, 0.25) is 0 Å². The van der Waals surface area contributed by atoms with Crippen molar-refractivity contribution in [2.24, 2.45) is 0 Å². The Hall–Kier alpha value is -0.740. The van der Waals surface area contributed by atoms with Crippen molar-refractivity contribution >= 4 is 15.9 Å². The quantitative estimate of drug-likeness (QED) is 0.842. The first kappa shape index (κ1) is 10.3. The third-order valence-electron chi connectivity index (χ3n) is 1.75. The fraction of sp³-hybridized carbons (Fsp3) is 0.333. The van der Waals surface area contributed by atoms with Crippen LogP contribution in [0.2, 0.25) is 0 Å². The molecule has 0 radical (unpaired) electrons. The molecule has 3 nitrogen and oxygen atoms in total. The molecule has 0 unspecified atom stereocenters. The largest absolute Gasteiger partial charge is 0.504 e. The van der Waals surface area contributed by atoms with Gasteiger partial charge in [0.15, 0.2) is 11.5 Å². The minimum Gasteiger partial charge on any atom is -0.504 e. The number of methoxy groups -OCH3 is 1. The summed E-state index contributed by atoms with van der Waals surface area (Å²) in [6, 6.07) is 3.10. The second kappa shape index (κ2) is 3.98. The number of ether oxygens (including phenoxy) is 1. The van der Waals surface area contributed by atoms with Gasteiger partial charge in [0.25, 0.3) is 0 Å². The molecule has 0 saturated heterocycles. The topological polar surface area (TPSA) is 49.7 Å². The number of hydrogen-bond donors (Lipinski definition) is 2. The van der Waals surface area contributed by atoms with Crippen LogP contribution in [-0.2, 0) is 0 Å². The zero-order chi connectivity index (χ0) is 10.0. The number of aliphatic hydroxyl groups is 1. The molecule has 0 aromatic heterocycles. The molecule has 0 aliphatic rings. The van der Waals surface area contributed by atoms with Crippen LogP contribution in [0.3, 0.4) is 0 Å². The van der Waals surface area contributed by atoms with Crippen LogP contribution >= 0.6 is 15.9 Å². The number of halogens is 1. The van der Waals surface area contributed by atoms with Crippen molar-refractivity contribution in [3.8, 4) is 11.5 Å². The standard InChI is InChI=1S/C9H11BrO3/c1-5(11)6-3-8(12)9(13-2)4-7(6)10/h3-5,11-12H,1-2H3/t5-/m0/s1. The molecular formula is C9H11BrO3. The first-order chi connectivity index (χ1) is 6.06. The molecule has 0 heterocycles. The third kappa shape index (κ3) is 2.14. The van der Waals surface area contributed by atoms with Crippen molar-refractivity contribution in [1.29, 1.82) is 0 Å².